The van der Waals surface area contributed by atoms with E-state index in [0.29, 0.717) is 17.3 Å². The number of H-pyrrole nitrogens is 1. The molecule has 0 saturated heterocycles. The van der Waals surface area contributed by atoms with Gasteiger partial charge >= 0.3 is 0 Å². The molecule has 0 bridgehead atoms. The number of carbonyl (C=O) groups is 1. The second-order valence-electron chi connectivity index (χ2n) is 2.60. The van der Waals surface area contributed by atoms with Crippen molar-refractivity contribution in [2.75, 3.05) is 0 Å². The van der Waals surface area contributed by atoms with E-state index in [0.717, 1.165) is 3.57 Å². The summed E-state index contributed by atoms with van der Waals surface area (Å²) in [6.45, 7) is 0. The van der Waals surface area contributed by atoms with Gasteiger partial charge in [-0.25, -0.2) is 9.37 Å². The summed E-state index contributed by atoms with van der Waals surface area (Å²) in [5.41, 5.74) is 0.142. The maximum absolute atomic E-state index is 13.3. The van der Waals surface area contributed by atoms with Gasteiger partial charge in [0.1, 0.15) is 11.3 Å². The van der Waals surface area contributed by atoms with Crippen molar-refractivity contribution in [1.29, 1.82) is 0 Å². The molecule has 0 aliphatic carbocycles. The van der Waals surface area contributed by atoms with Crippen LogP contribution in [0.25, 0.3) is 11.0 Å². The number of aromatic amines is 1. The van der Waals surface area contributed by atoms with Crippen molar-refractivity contribution in [3.05, 3.63) is 26.3 Å². The summed E-state index contributed by atoms with van der Waals surface area (Å²) in [6.07, 6.45) is 1.99. The van der Waals surface area contributed by atoms with E-state index in [1.165, 1.54) is 0 Å². The van der Waals surface area contributed by atoms with Gasteiger partial charge in [0, 0.05) is 9.77 Å². The molecule has 0 unspecified atom stereocenters. The molecule has 0 aliphatic rings. The zero-order chi connectivity index (χ0) is 10.3. The number of fused-ring (bicyclic) bond motifs is 1. The number of rotatable bonds is 1. The van der Waals surface area contributed by atoms with Crippen molar-refractivity contribution in [3.8, 4) is 0 Å². The Kier molecular flexibility index (Phi) is 2.44. The van der Waals surface area contributed by atoms with Gasteiger partial charge in [-0.05, 0) is 22.6 Å². The van der Waals surface area contributed by atoms with E-state index in [2.05, 4.69) is 9.97 Å². The first-order valence-electron chi connectivity index (χ1n) is 3.62. The molecule has 0 spiro atoms. The van der Waals surface area contributed by atoms with Crippen LogP contribution in [0.5, 0.6) is 0 Å². The summed E-state index contributed by atoms with van der Waals surface area (Å²) < 4.78 is 14.1. The zero-order valence-electron chi connectivity index (χ0n) is 6.64. The largest absolute Gasteiger partial charge is 0.345 e. The quantitative estimate of drug-likeness (QED) is 0.647. The molecular weight excluding hydrogens is 321 g/mol. The van der Waals surface area contributed by atoms with Gasteiger partial charge in [0.05, 0.1) is 10.4 Å². The van der Waals surface area contributed by atoms with Crippen LogP contribution in [0, 0.1) is 9.39 Å². The van der Waals surface area contributed by atoms with E-state index < -0.39 is 5.82 Å². The molecule has 2 aromatic rings. The maximum atomic E-state index is 13.3. The van der Waals surface area contributed by atoms with E-state index in [-0.39, 0.29) is 10.7 Å². The minimum Gasteiger partial charge on any atom is -0.345 e. The molecule has 1 N–H and O–H groups in total. The van der Waals surface area contributed by atoms with Crippen molar-refractivity contribution in [1.82, 2.24) is 9.97 Å². The minimum atomic E-state index is -0.772. The number of nitrogens with one attached hydrogen (secondary N) is 1. The molecule has 14 heavy (non-hydrogen) atoms. The first-order valence-corrected chi connectivity index (χ1v) is 5.07. The molecule has 0 amide bonds. The molecule has 0 radical (unpaired) electrons. The maximum Gasteiger partial charge on any atom is 0.171 e. The third-order valence-electron chi connectivity index (χ3n) is 1.79. The van der Waals surface area contributed by atoms with Crippen molar-refractivity contribution in [3.63, 3.8) is 0 Å². The van der Waals surface area contributed by atoms with Crippen molar-refractivity contribution in [2.24, 2.45) is 0 Å². The summed E-state index contributed by atoms with van der Waals surface area (Å²) >= 11 is 7.77. The van der Waals surface area contributed by atoms with Crippen LogP contribution in [-0.4, -0.2) is 16.3 Å². The van der Waals surface area contributed by atoms with Gasteiger partial charge in [-0.3, -0.25) is 4.79 Å². The van der Waals surface area contributed by atoms with Crippen LogP contribution in [0.2, 0.25) is 5.02 Å². The Morgan fingerprint density at radius 3 is 3.00 bits per heavy atom. The van der Waals surface area contributed by atoms with Crippen LogP contribution < -0.4 is 0 Å². The number of aldehydes is 1. The second kappa shape index (κ2) is 3.47. The summed E-state index contributed by atoms with van der Waals surface area (Å²) in [7, 11) is 0. The average Bonchev–Trinajstić information content (AvgIpc) is 2.54. The first kappa shape index (κ1) is 9.85. The average molecular weight is 324 g/mol. The third-order valence-corrected chi connectivity index (χ3v) is 3.00. The Bertz CT molecular complexity index is 526. The topological polar surface area (TPSA) is 45.8 Å². The van der Waals surface area contributed by atoms with E-state index in [4.69, 9.17) is 11.6 Å². The van der Waals surface area contributed by atoms with Crippen LogP contribution in [-0.2, 0) is 0 Å². The number of pyridine rings is 1. The van der Waals surface area contributed by atoms with Crippen LogP contribution in [0.3, 0.4) is 0 Å². The van der Waals surface area contributed by atoms with Crippen LogP contribution >= 0.6 is 34.2 Å². The molecule has 0 atom stereocenters. The summed E-state index contributed by atoms with van der Waals surface area (Å²) in [5, 5.41) is 0.443. The minimum absolute atomic E-state index is 0.0669. The predicted molar refractivity (Wildman–Crippen MR) is 59.2 cm³/mol. The number of carbonyl (C=O) groups excluding carboxylic acids is 1. The Balaban J connectivity index is 2.94. The van der Waals surface area contributed by atoms with E-state index in [1.54, 1.807) is 6.20 Å². The van der Waals surface area contributed by atoms with E-state index in [1.807, 2.05) is 22.6 Å². The normalized spacial score (nSPS) is 10.8. The van der Waals surface area contributed by atoms with Gasteiger partial charge in [-0.15, -0.1) is 0 Å². The zero-order valence-corrected chi connectivity index (χ0v) is 9.56. The third kappa shape index (κ3) is 1.31. The van der Waals surface area contributed by atoms with Crippen LogP contribution in [0.4, 0.5) is 4.39 Å². The molecule has 6 heteroatoms. The second-order valence-corrected chi connectivity index (χ2v) is 4.14. The highest BCUT2D eigenvalue weighted by Crippen LogP contribution is 2.29. The van der Waals surface area contributed by atoms with Gasteiger partial charge in [-0.2, -0.15) is 0 Å². The fourth-order valence-electron chi connectivity index (χ4n) is 1.16. The Hall–Kier alpha value is -0.690. The molecule has 2 heterocycles. The van der Waals surface area contributed by atoms with Crippen molar-refractivity contribution in [2.45, 2.75) is 0 Å². The van der Waals surface area contributed by atoms with Gasteiger partial charge in [0.25, 0.3) is 0 Å². The smallest absolute Gasteiger partial charge is 0.171 e. The van der Waals surface area contributed by atoms with Gasteiger partial charge in [-0.1, -0.05) is 11.6 Å². The number of aromatic nitrogens is 2. The van der Waals surface area contributed by atoms with Gasteiger partial charge in [0.15, 0.2) is 12.1 Å². The highest BCUT2D eigenvalue weighted by molar-refractivity contribution is 14.1. The predicted octanol–water partition coefficient (Wildman–Crippen LogP) is 2.77. The summed E-state index contributed by atoms with van der Waals surface area (Å²) in [6, 6.07) is 0. The Morgan fingerprint density at radius 2 is 2.36 bits per heavy atom. The SMILES string of the molecule is O=Cc1nc2[nH]cc(I)c2c(Cl)c1F. The summed E-state index contributed by atoms with van der Waals surface area (Å²) in [5.74, 6) is -0.772. The molecule has 0 fully saturated rings. The lowest BCUT2D eigenvalue weighted by molar-refractivity contribution is 0.111. The number of halogens is 3. The summed E-state index contributed by atoms with van der Waals surface area (Å²) in [4.78, 5) is 17.0. The Morgan fingerprint density at radius 1 is 1.64 bits per heavy atom. The molecule has 3 nitrogen and oxygen atoms in total. The standard InChI is InChI=1S/C8H3ClFIN2O/c9-6-5-3(11)1-12-8(5)13-4(2-14)7(6)10/h1-2H,(H,12,13). The molecule has 72 valence electrons. The van der Waals surface area contributed by atoms with Crippen LogP contribution in [0.15, 0.2) is 6.20 Å². The lowest BCUT2D eigenvalue weighted by atomic mass is 10.3. The molecule has 0 aromatic carbocycles. The highest BCUT2D eigenvalue weighted by atomic mass is 127. The Labute approximate surface area is 96.8 Å². The van der Waals surface area contributed by atoms with Crippen molar-refractivity contribution < 1.29 is 9.18 Å². The van der Waals surface area contributed by atoms with Crippen LogP contribution in [0.1, 0.15) is 10.5 Å². The number of hydrogen-bond acceptors (Lipinski definition) is 2. The fraction of sp³-hybridized carbons (Fsp3) is 0. The van der Waals surface area contributed by atoms with E-state index in [9.17, 15) is 9.18 Å². The van der Waals surface area contributed by atoms with Gasteiger partial charge in [0.2, 0.25) is 0 Å². The molecule has 2 rings (SSSR count). The molecule has 2 aromatic heterocycles. The molecule has 0 aliphatic heterocycles. The lowest BCUT2D eigenvalue weighted by Gasteiger charge is -1.99. The first-order chi connectivity index (χ1) is 6.65. The lowest BCUT2D eigenvalue weighted by Crippen LogP contribution is -1.95. The molecule has 0 saturated carbocycles. The number of nitrogens with zero attached hydrogens (tertiary/aromatic N) is 1. The fourth-order valence-corrected chi connectivity index (χ4v) is 2.28. The highest BCUT2D eigenvalue weighted by Gasteiger charge is 2.15. The molecular formula is C8H3ClFIN2O. The van der Waals surface area contributed by atoms with E-state index >= 15 is 0 Å². The van der Waals surface area contributed by atoms with Crippen molar-refractivity contribution >= 4 is 51.5 Å². The number of hydrogen-bond donors (Lipinski definition) is 1. The monoisotopic (exact) mass is 324 g/mol. The van der Waals surface area contributed by atoms with Gasteiger partial charge < -0.3 is 4.98 Å².